The number of carbonyl (C=O) groups excluding carboxylic acids is 3. The Morgan fingerprint density at radius 3 is 2.42 bits per heavy atom. The third kappa shape index (κ3) is 6.90. The number of nitrogens with zero attached hydrogens (tertiary/aromatic N) is 2. The molecule has 202 valence electrons. The molecular formula is C25H24F3N3O5S2. The Morgan fingerprint density at radius 2 is 1.82 bits per heavy atom. The third-order valence-electron chi connectivity index (χ3n) is 5.11. The summed E-state index contributed by atoms with van der Waals surface area (Å²) in [6.45, 7) is 4.94. The minimum Gasteiger partial charge on any atom is -0.465 e. The Labute approximate surface area is 225 Å². The van der Waals surface area contributed by atoms with Crippen LogP contribution in [-0.2, 0) is 20.4 Å². The second kappa shape index (κ2) is 12.4. The zero-order valence-corrected chi connectivity index (χ0v) is 22.5. The maximum atomic E-state index is 13.5. The first kappa shape index (κ1) is 29.1. The van der Waals surface area contributed by atoms with Crippen molar-refractivity contribution in [3.63, 3.8) is 0 Å². The number of halogens is 3. The summed E-state index contributed by atoms with van der Waals surface area (Å²) >= 11 is 1.56. The molecular weight excluding hydrogens is 543 g/mol. The fourth-order valence-corrected chi connectivity index (χ4v) is 5.11. The van der Waals surface area contributed by atoms with Crippen molar-refractivity contribution < 1.29 is 37.0 Å². The number of thiophene rings is 1. The van der Waals surface area contributed by atoms with Crippen LogP contribution >= 0.6 is 23.1 Å². The number of thioether (sulfide) groups is 1. The highest BCUT2D eigenvalue weighted by Crippen LogP contribution is 2.36. The summed E-state index contributed by atoms with van der Waals surface area (Å²) in [5.74, 6) is -2.05. The molecule has 0 saturated heterocycles. The Bertz CT molecular complexity index is 1330. The topological polar surface area (TPSA) is 107 Å². The van der Waals surface area contributed by atoms with Gasteiger partial charge in [-0.1, -0.05) is 49.0 Å². The molecule has 1 N–H and O–H groups in total. The van der Waals surface area contributed by atoms with Crippen molar-refractivity contribution in [2.75, 3.05) is 19.0 Å². The molecule has 38 heavy (non-hydrogen) atoms. The molecule has 0 fully saturated rings. The second-order valence-electron chi connectivity index (χ2n) is 7.92. The van der Waals surface area contributed by atoms with Crippen LogP contribution in [0.3, 0.4) is 0 Å². The molecule has 0 bridgehead atoms. The van der Waals surface area contributed by atoms with E-state index in [0.29, 0.717) is 12.0 Å². The van der Waals surface area contributed by atoms with E-state index in [-0.39, 0.29) is 38.5 Å². The largest absolute Gasteiger partial charge is 0.465 e. The number of esters is 2. The monoisotopic (exact) mass is 567 g/mol. The van der Waals surface area contributed by atoms with Gasteiger partial charge in [-0.2, -0.15) is 13.2 Å². The number of carbonyl (C=O) groups is 3. The smallest absolute Gasteiger partial charge is 0.433 e. The number of hydrogen-bond acceptors (Lipinski definition) is 9. The van der Waals surface area contributed by atoms with Crippen molar-refractivity contribution in [1.29, 1.82) is 0 Å². The standard InChI is InChI=1S/C25H24F3N3O5S2/c1-5-11-36-22(33)18-13(2)19(23(34)35-4)38-21(18)31-20(32)14(3)37-24-29-16(15-9-7-6-8-10-15)12-17(30-24)25(26,27)28/h6-10,12,14H,5,11H2,1-4H3,(H,31,32)/t14-/m1/s1. The van der Waals surface area contributed by atoms with E-state index in [4.69, 9.17) is 9.47 Å². The fourth-order valence-electron chi connectivity index (χ4n) is 3.21. The third-order valence-corrected chi connectivity index (χ3v) is 7.26. The number of alkyl halides is 3. The van der Waals surface area contributed by atoms with E-state index in [0.717, 1.165) is 29.2 Å². The maximum absolute atomic E-state index is 13.5. The van der Waals surface area contributed by atoms with Gasteiger partial charge in [0, 0.05) is 5.56 Å². The number of ether oxygens (including phenoxy) is 2. The zero-order chi connectivity index (χ0) is 28.0. The molecule has 3 aromatic rings. The van der Waals surface area contributed by atoms with E-state index in [1.807, 2.05) is 6.92 Å². The van der Waals surface area contributed by atoms with Gasteiger partial charge in [0.25, 0.3) is 0 Å². The molecule has 0 aliphatic rings. The molecule has 2 aromatic heterocycles. The summed E-state index contributed by atoms with van der Waals surface area (Å²) in [6, 6.07) is 9.14. The predicted molar refractivity (Wildman–Crippen MR) is 137 cm³/mol. The lowest BCUT2D eigenvalue weighted by atomic mass is 10.1. The molecule has 0 unspecified atom stereocenters. The molecule has 8 nitrogen and oxygen atoms in total. The van der Waals surface area contributed by atoms with Crippen LogP contribution in [0.1, 0.15) is 51.6 Å². The number of aromatic nitrogens is 2. The Morgan fingerprint density at radius 1 is 1.13 bits per heavy atom. The molecule has 0 spiro atoms. The molecule has 1 aromatic carbocycles. The quantitative estimate of drug-likeness (QED) is 0.190. The molecule has 1 amide bonds. The highest BCUT2D eigenvalue weighted by atomic mass is 32.2. The number of amides is 1. The lowest BCUT2D eigenvalue weighted by Gasteiger charge is -2.14. The van der Waals surface area contributed by atoms with Gasteiger partial charge in [-0.3, -0.25) is 4.79 Å². The first-order valence-electron chi connectivity index (χ1n) is 11.3. The van der Waals surface area contributed by atoms with Crippen LogP contribution in [-0.4, -0.2) is 46.8 Å². The molecule has 0 aliphatic carbocycles. The number of hydrogen-bond donors (Lipinski definition) is 1. The van der Waals surface area contributed by atoms with Gasteiger partial charge in [0.2, 0.25) is 5.91 Å². The van der Waals surface area contributed by atoms with Crippen LogP contribution < -0.4 is 5.32 Å². The molecule has 0 saturated carbocycles. The molecule has 1 atom stereocenters. The van der Waals surface area contributed by atoms with Crippen molar-refractivity contribution in [2.24, 2.45) is 0 Å². The SMILES string of the molecule is CCCOC(=O)c1c(NC(=O)[C@@H](C)Sc2nc(-c3ccccc3)cc(C(F)(F)F)n2)sc(C(=O)OC)c1C. The summed E-state index contributed by atoms with van der Waals surface area (Å²) in [6.07, 6.45) is -4.16. The molecule has 0 radical (unpaired) electrons. The van der Waals surface area contributed by atoms with Crippen LogP contribution in [0, 0.1) is 6.92 Å². The summed E-state index contributed by atoms with van der Waals surface area (Å²) in [4.78, 5) is 45.8. The van der Waals surface area contributed by atoms with Crippen molar-refractivity contribution >= 4 is 45.9 Å². The second-order valence-corrected chi connectivity index (χ2v) is 10.3. The first-order valence-corrected chi connectivity index (χ1v) is 13.0. The zero-order valence-electron chi connectivity index (χ0n) is 20.8. The lowest BCUT2D eigenvalue weighted by molar-refractivity contribution is -0.141. The summed E-state index contributed by atoms with van der Waals surface area (Å²) in [5.41, 5.74) is -0.332. The molecule has 3 rings (SSSR count). The van der Waals surface area contributed by atoms with Gasteiger partial charge >= 0.3 is 18.1 Å². The highest BCUT2D eigenvalue weighted by Gasteiger charge is 2.34. The van der Waals surface area contributed by atoms with Gasteiger partial charge in [-0.25, -0.2) is 19.6 Å². The van der Waals surface area contributed by atoms with E-state index in [1.54, 1.807) is 30.3 Å². The van der Waals surface area contributed by atoms with E-state index in [1.165, 1.54) is 21.0 Å². The van der Waals surface area contributed by atoms with Gasteiger partial charge in [-0.15, -0.1) is 11.3 Å². The van der Waals surface area contributed by atoms with Crippen LogP contribution in [0.15, 0.2) is 41.6 Å². The number of rotatable bonds is 9. The van der Waals surface area contributed by atoms with E-state index < -0.39 is 35.0 Å². The number of methoxy groups -OCH3 is 1. The van der Waals surface area contributed by atoms with E-state index in [9.17, 15) is 27.6 Å². The minimum atomic E-state index is -4.72. The van der Waals surface area contributed by atoms with Crippen molar-refractivity contribution in [3.8, 4) is 11.3 Å². The number of benzene rings is 1. The summed E-state index contributed by atoms with van der Waals surface area (Å²) in [7, 11) is 1.19. The Hall–Kier alpha value is -3.45. The molecule has 13 heteroatoms. The van der Waals surface area contributed by atoms with Crippen molar-refractivity contribution in [1.82, 2.24) is 9.97 Å². The van der Waals surface area contributed by atoms with Crippen LogP contribution in [0.5, 0.6) is 0 Å². The summed E-state index contributed by atoms with van der Waals surface area (Å²) in [5, 5.41) is 1.44. The maximum Gasteiger partial charge on any atom is 0.433 e. The van der Waals surface area contributed by atoms with Gasteiger partial charge < -0.3 is 14.8 Å². The minimum absolute atomic E-state index is 0.0103. The fraction of sp³-hybridized carbons (Fsp3) is 0.320. The first-order chi connectivity index (χ1) is 18.0. The summed E-state index contributed by atoms with van der Waals surface area (Å²) < 4.78 is 50.5. The highest BCUT2D eigenvalue weighted by molar-refractivity contribution is 8.00. The average molecular weight is 568 g/mol. The molecule has 0 aliphatic heterocycles. The van der Waals surface area contributed by atoms with Crippen LogP contribution in [0.2, 0.25) is 0 Å². The lowest BCUT2D eigenvalue weighted by Crippen LogP contribution is -2.24. The van der Waals surface area contributed by atoms with Gasteiger partial charge in [0.1, 0.15) is 15.6 Å². The predicted octanol–water partition coefficient (Wildman–Crippen LogP) is 6.01. The Kier molecular flexibility index (Phi) is 9.50. The number of nitrogens with one attached hydrogen (secondary N) is 1. The van der Waals surface area contributed by atoms with E-state index in [2.05, 4.69) is 15.3 Å². The van der Waals surface area contributed by atoms with E-state index >= 15 is 0 Å². The van der Waals surface area contributed by atoms with Gasteiger partial charge in [0.15, 0.2) is 5.16 Å². The van der Waals surface area contributed by atoms with Crippen LogP contribution in [0.4, 0.5) is 18.2 Å². The van der Waals surface area contributed by atoms with Crippen molar-refractivity contribution in [3.05, 3.63) is 58.1 Å². The van der Waals surface area contributed by atoms with Gasteiger partial charge in [0.05, 0.1) is 30.2 Å². The number of anilines is 1. The Balaban J connectivity index is 1.89. The van der Waals surface area contributed by atoms with Gasteiger partial charge in [-0.05, 0) is 31.9 Å². The normalized spacial score (nSPS) is 12.1. The molecule has 2 heterocycles. The van der Waals surface area contributed by atoms with Crippen LogP contribution in [0.25, 0.3) is 11.3 Å². The average Bonchev–Trinajstić information content (AvgIpc) is 3.21. The van der Waals surface area contributed by atoms with Crippen molar-refractivity contribution in [2.45, 2.75) is 43.8 Å².